The van der Waals surface area contributed by atoms with Gasteiger partial charge in [0.2, 0.25) is 5.79 Å². The van der Waals surface area contributed by atoms with E-state index in [9.17, 15) is 9.90 Å². The summed E-state index contributed by atoms with van der Waals surface area (Å²) in [7, 11) is 0. The normalized spacial score (nSPS) is 13.1. The molecule has 0 aliphatic rings. The summed E-state index contributed by atoms with van der Waals surface area (Å²) < 4.78 is 16.0. The van der Waals surface area contributed by atoms with Crippen molar-refractivity contribution in [1.82, 2.24) is 0 Å². The molecule has 0 aromatic carbocycles. The van der Waals surface area contributed by atoms with Crippen LogP contribution in [0.2, 0.25) is 0 Å². The Kier molecular flexibility index (Phi) is 22.2. The largest absolute Gasteiger partial charge is 0.427 e. The van der Waals surface area contributed by atoms with Crippen molar-refractivity contribution in [2.75, 3.05) is 26.4 Å². The number of hydrogen-bond acceptors (Lipinski definition) is 5. The predicted molar refractivity (Wildman–Crippen MR) is 137 cm³/mol. The highest BCUT2D eigenvalue weighted by Gasteiger charge is 2.31. The van der Waals surface area contributed by atoms with Crippen LogP contribution in [-0.2, 0) is 19.0 Å². The van der Waals surface area contributed by atoms with Crippen molar-refractivity contribution >= 4 is 5.97 Å². The maximum atomic E-state index is 11.9. The van der Waals surface area contributed by atoms with Crippen molar-refractivity contribution in [3.05, 3.63) is 12.2 Å². The van der Waals surface area contributed by atoms with Gasteiger partial charge in [-0.15, -0.1) is 0 Å². The molecule has 0 heterocycles. The quantitative estimate of drug-likeness (QED) is 0.0647. The molecule has 1 atom stereocenters. The molecule has 0 aliphatic carbocycles. The molecule has 0 spiro atoms. The van der Waals surface area contributed by atoms with Gasteiger partial charge >= 0.3 is 5.97 Å². The molecule has 0 radical (unpaired) electrons. The number of aliphatic hydroxyl groups is 1. The van der Waals surface area contributed by atoms with Gasteiger partial charge in [-0.2, -0.15) is 0 Å². The van der Waals surface area contributed by atoms with Gasteiger partial charge in [-0.1, -0.05) is 110 Å². The Morgan fingerprint density at radius 1 is 0.727 bits per heavy atom. The minimum Gasteiger partial charge on any atom is -0.427 e. The lowest BCUT2D eigenvalue weighted by Crippen LogP contribution is -2.40. The molecule has 0 saturated carbocycles. The zero-order valence-corrected chi connectivity index (χ0v) is 22.1. The van der Waals surface area contributed by atoms with Crippen LogP contribution in [0.5, 0.6) is 0 Å². The molecule has 5 nitrogen and oxygen atoms in total. The average Bonchev–Trinajstić information content (AvgIpc) is 2.78. The molecule has 1 N–H and O–H groups in total. The third kappa shape index (κ3) is 21.4. The lowest BCUT2D eigenvalue weighted by atomic mass is 10.0. The van der Waals surface area contributed by atoms with E-state index in [1.165, 1.54) is 83.5 Å². The fourth-order valence-electron chi connectivity index (χ4n) is 3.86. The Balaban J connectivity index is 3.77. The zero-order valence-electron chi connectivity index (χ0n) is 22.1. The molecular weight excluding hydrogens is 416 g/mol. The third-order valence-corrected chi connectivity index (χ3v) is 5.96. The van der Waals surface area contributed by atoms with Gasteiger partial charge in [-0.05, 0) is 20.3 Å². The van der Waals surface area contributed by atoms with Crippen molar-refractivity contribution in [2.24, 2.45) is 0 Å². The van der Waals surface area contributed by atoms with Gasteiger partial charge in [0.15, 0.2) is 0 Å². The van der Waals surface area contributed by atoms with Crippen LogP contribution in [0.1, 0.15) is 130 Å². The number of rotatable bonds is 25. The second-order valence-corrected chi connectivity index (χ2v) is 9.42. The van der Waals surface area contributed by atoms with Gasteiger partial charge < -0.3 is 19.3 Å². The molecule has 0 aromatic rings. The lowest BCUT2D eigenvalue weighted by molar-refractivity contribution is -0.229. The molecule has 33 heavy (non-hydrogen) atoms. The number of esters is 1. The number of ether oxygens (including phenoxy) is 3. The van der Waals surface area contributed by atoms with Gasteiger partial charge in [0.05, 0.1) is 13.2 Å². The summed E-state index contributed by atoms with van der Waals surface area (Å²) in [5.41, 5.74) is 0.273. The molecular formula is C28H54O5. The molecule has 0 amide bonds. The Morgan fingerprint density at radius 2 is 1.15 bits per heavy atom. The maximum Gasteiger partial charge on any atom is 0.335 e. The van der Waals surface area contributed by atoms with Crippen LogP contribution in [0.3, 0.4) is 0 Å². The summed E-state index contributed by atoms with van der Waals surface area (Å²) in [5, 5.41) is 10.8. The molecule has 0 rings (SSSR count). The van der Waals surface area contributed by atoms with Crippen LogP contribution in [0.15, 0.2) is 12.2 Å². The number of carbonyl (C=O) groups excluding carboxylic acids is 1. The fourth-order valence-corrected chi connectivity index (χ4v) is 3.86. The summed E-state index contributed by atoms with van der Waals surface area (Å²) in [6.45, 7) is 10.8. The second-order valence-electron chi connectivity index (χ2n) is 9.42. The molecule has 0 bridgehead atoms. The van der Waals surface area contributed by atoms with E-state index >= 15 is 0 Å². The third-order valence-electron chi connectivity index (χ3n) is 5.96. The van der Waals surface area contributed by atoms with Crippen molar-refractivity contribution < 1.29 is 24.1 Å². The van der Waals surface area contributed by atoms with Crippen molar-refractivity contribution in [2.45, 2.75) is 136 Å². The van der Waals surface area contributed by atoms with E-state index in [1.54, 1.807) is 6.92 Å². The Hall–Kier alpha value is -0.910. The van der Waals surface area contributed by atoms with E-state index < -0.39 is 11.8 Å². The molecule has 1 unspecified atom stereocenters. The van der Waals surface area contributed by atoms with Gasteiger partial charge in [0.25, 0.3) is 0 Å². The van der Waals surface area contributed by atoms with Gasteiger partial charge in [-0.3, -0.25) is 0 Å². The van der Waals surface area contributed by atoms with Crippen molar-refractivity contribution in [1.29, 1.82) is 0 Å². The molecule has 0 aromatic heterocycles. The van der Waals surface area contributed by atoms with Crippen LogP contribution in [0.25, 0.3) is 0 Å². The molecule has 0 aliphatic heterocycles. The Bertz CT molecular complexity index is 465. The van der Waals surface area contributed by atoms with Crippen molar-refractivity contribution in [3.8, 4) is 0 Å². The van der Waals surface area contributed by atoms with Crippen molar-refractivity contribution in [3.63, 3.8) is 0 Å². The van der Waals surface area contributed by atoms with Gasteiger partial charge in [0.1, 0.15) is 6.61 Å². The van der Waals surface area contributed by atoms with Crippen LogP contribution in [-0.4, -0.2) is 43.3 Å². The van der Waals surface area contributed by atoms with Gasteiger partial charge in [-0.25, -0.2) is 4.79 Å². The highest BCUT2D eigenvalue weighted by atomic mass is 16.7. The van der Waals surface area contributed by atoms with Crippen LogP contribution >= 0.6 is 0 Å². The lowest BCUT2D eigenvalue weighted by Gasteiger charge is -2.28. The molecule has 0 fully saturated rings. The van der Waals surface area contributed by atoms with Crippen LogP contribution in [0, 0.1) is 0 Å². The molecule has 5 heteroatoms. The summed E-state index contributed by atoms with van der Waals surface area (Å²) in [5.74, 6) is -2.18. The monoisotopic (exact) mass is 470 g/mol. The minimum atomic E-state index is -1.60. The first-order chi connectivity index (χ1) is 15.9. The smallest absolute Gasteiger partial charge is 0.335 e. The minimum absolute atomic E-state index is 0.0438. The summed E-state index contributed by atoms with van der Waals surface area (Å²) in [6, 6.07) is 0. The number of carbonyl (C=O) groups is 1. The second kappa shape index (κ2) is 22.9. The van der Waals surface area contributed by atoms with E-state index in [0.717, 1.165) is 19.3 Å². The average molecular weight is 471 g/mol. The zero-order chi connectivity index (χ0) is 24.6. The summed E-state index contributed by atoms with van der Waals surface area (Å²) in [4.78, 5) is 11.9. The first-order valence-corrected chi connectivity index (χ1v) is 13.7. The first kappa shape index (κ1) is 32.1. The van der Waals surface area contributed by atoms with E-state index in [0.29, 0.717) is 26.2 Å². The van der Waals surface area contributed by atoms with E-state index in [2.05, 4.69) is 13.5 Å². The number of hydrogen-bond donors (Lipinski definition) is 1. The van der Waals surface area contributed by atoms with Crippen LogP contribution in [0.4, 0.5) is 0 Å². The maximum absolute atomic E-state index is 11.9. The SMILES string of the molecule is C=C(C)C(=O)OC(O)(CCCCCCCCCCCCCCCCCC)COCCOCC. The highest BCUT2D eigenvalue weighted by molar-refractivity contribution is 5.87. The Labute approximate surface area is 204 Å². The van der Waals surface area contributed by atoms with E-state index in [4.69, 9.17) is 14.2 Å². The van der Waals surface area contributed by atoms with Gasteiger partial charge in [0, 0.05) is 18.6 Å². The van der Waals surface area contributed by atoms with E-state index in [1.807, 2.05) is 6.92 Å². The predicted octanol–water partition coefficient (Wildman–Crippen LogP) is 7.50. The summed E-state index contributed by atoms with van der Waals surface area (Å²) >= 11 is 0. The van der Waals surface area contributed by atoms with E-state index in [-0.39, 0.29) is 12.2 Å². The Morgan fingerprint density at radius 3 is 1.58 bits per heavy atom. The highest BCUT2D eigenvalue weighted by Crippen LogP contribution is 2.21. The number of unbranched alkanes of at least 4 members (excludes halogenated alkanes) is 15. The van der Waals surface area contributed by atoms with Crippen LogP contribution < -0.4 is 0 Å². The fraction of sp³-hybridized carbons (Fsp3) is 0.893. The summed E-state index contributed by atoms with van der Waals surface area (Å²) in [6.07, 6.45) is 21.1. The molecule has 0 saturated heterocycles. The standard InChI is InChI=1S/C28H54O5/c1-5-7-8-9-10-11-12-13-14-15-16-17-18-19-20-21-22-28(30,33-27(29)26(3)4)25-32-24-23-31-6-2/h30H,3,5-25H2,1-2,4H3. The molecule has 196 valence electrons. The topological polar surface area (TPSA) is 65.0 Å². The first-order valence-electron chi connectivity index (χ1n) is 13.7.